The molecule has 0 aliphatic heterocycles. The van der Waals surface area contributed by atoms with Crippen LogP contribution in [0.15, 0.2) is 24.3 Å². The Bertz CT molecular complexity index is 311. The molecule has 3 heteroatoms. The first-order valence-electron chi connectivity index (χ1n) is 4.33. The van der Waals surface area contributed by atoms with E-state index in [1.807, 2.05) is 6.07 Å². The van der Waals surface area contributed by atoms with Crippen LogP contribution in [0, 0.1) is 0 Å². The minimum Gasteiger partial charge on any atom is -0.390 e. The lowest BCUT2D eigenvalue weighted by Gasteiger charge is -2.29. The summed E-state index contributed by atoms with van der Waals surface area (Å²) in [5.74, 6) is 0. The van der Waals surface area contributed by atoms with Crippen LogP contribution < -0.4 is 0 Å². The molecule has 0 aromatic heterocycles. The number of fused-ring (bicyclic) bond motifs is 1. The van der Waals surface area contributed by atoms with Crippen molar-refractivity contribution in [1.29, 1.82) is 0 Å². The van der Waals surface area contributed by atoms with E-state index in [0.29, 0.717) is 5.56 Å². The Morgan fingerprint density at radius 3 is 2.31 bits per heavy atom. The molecule has 1 aromatic rings. The highest BCUT2D eigenvalue weighted by molar-refractivity contribution is 5.33. The zero-order valence-electron chi connectivity index (χ0n) is 7.09. The minimum absolute atomic E-state index is 0.207. The van der Waals surface area contributed by atoms with Crippen molar-refractivity contribution < 1.29 is 15.3 Å². The summed E-state index contributed by atoms with van der Waals surface area (Å²) in [5, 5.41) is 28.5. The standard InChI is InChI=1S/C10H12O3/c11-8-5-9(12)10(13)7-4-2-1-3-6(7)8/h1-4,8-13H,5H2/t8-,9-,10-/m1/s1. The van der Waals surface area contributed by atoms with Crippen LogP contribution in [0.2, 0.25) is 0 Å². The number of benzene rings is 1. The molecule has 1 aromatic carbocycles. The third-order valence-corrected chi connectivity index (χ3v) is 2.50. The Morgan fingerprint density at radius 1 is 1.00 bits per heavy atom. The van der Waals surface area contributed by atoms with Gasteiger partial charge in [0.05, 0.1) is 12.2 Å². The molecule has 13 heavy (non-hydrogen) atoms. The zero-order valence-corrected chi connectivity index (χ0v) is 7.09. The van der Waals surface area contributed by atoms with E-state index in [2.05, 4.69) is 0 Å². The summed E-state index contributed by atoms with van der Waals surface area (Å²) >= 11 is 0. The zero-order chi connectivity index (χ0) is 9.42. The molecule has 0 amide bonds. The fraction of sp³-hybridized carbons (Fsp3) is 0.400. The molecular weight excluding hydrogens is 168 g/mol. The van der Waals surface area contributed by atoms with E-state index in [1.54, 1.807) is 18.2 Å². The van der Waals surface area contributed by atoms with Crippen LogP contribution in [0.5, 0.6) is 0 Å². The van der Waals surface area contributed by atoms with Gasteiger partial charge in [0.2, 0.25) is 0 Å². The van der Waals surface area contributed by atoms with Gasteiger partial charge in [0.1, 0.15) is 6.10 Å². The van der Waals surface area contributed by atoms with Crippen LogP contribution in [0.3, 0.4) is 0 Å². The molecule has 0 heterocycles. The highest BCUT2D eigenvalue weighted by atomic mass is 16.3. The number of aliphatic hydroxyl groups excluding tert-OH is 3. The smallest absolute Gasteiger partial charge is 0.105 e. The maximum Gasteiger partial charge on any atom is 0.105 e. The molecule has 70 valence electrons. The quantitative estimate of drug-likeness (QED) is 0.545. The lowest BCUT2D eigenvalue weighted by atomic mass is 9.85. The summed E-state index contributed by atoms with van der Waals surface area (Å²) in [6, 6.07) is 7.10. The first-order valence-corrected chi connectivity index (χ1v) is 4.33. The van der Waals surface area contributed by atoms with Crippen molar-refractivity contribution in [2.45, 2.75) is 24.7 Å². The van der Waals surface area contributed by atoms with E-state index in [9.17, 15) is 15.3 Å². The second kappa shape index (κ2) is 3.10. The molecule has 0 radical (unpaired) electrons. The van der Waals surface area contributed by atoms with Gasteiger partial charge in [-0.15, -0.1) is 0 Å². The Hall–Kier alpha value is -0.900. The van der Waals surface area contributed by atoms with Gasteiger partial charge in [0.25, 0.3) is 0 Å². The molecule has 0 spiro atoms. The van der Waals surface area contributed by atoms with Crippen molar-refractivity contribution in [3.8, 4) is 0 Å². The summed E-state index contributed by atoms with van der Waals surface area (Å²) in [5.41, 5.74) is 1.36. The number of rotatable bonds is 0. The van der Waals surface area contributed by atoms with Gasteiger partial charge in [-0.05, 0) is 11.1 Å². The maximum absolute atomic E-state index is 9.59. The molecule has 0 saturated heterocycles. The van der Waals surface area contributed by atoms with Crippen molar-refractivity contribution in [2.75, 3.05) is 0 Å². The van der Waals surface area contributed by atoms with E-state index in [1.165, 1.54) is 0 Å². The van der Waals surface area contributed by atoms with Crippen LogP contribution >= 0.6 is 0 Å². The summed E-state index contributed by atoms with van der Waals surface area (Å²) in [6.07, 6.45) is -2.17. The van der Waals surface area contributed by atoms with E-state index >= 15 is 0 Å². The average molecular weight is 180 g/mol. The summed E-state index contributed by atoms with van der Waals surface area (Å²) in [4.78, 5) is 0. The summed E-state index contributed by atoms with van der Waals surface area (Å²) < 4.78 is 0. The van der Waals surface area contributed by atoms with E-state index in [-0.39, 0.29) is 6.42 Å². The average Bonchev–Trinajstić information content (AvgIpc) is 2.15. The third kappa shape index (κ3) is 1.35. The lowest BCUT2D eigenvalue weighted by molar-refractivity contribution is -0.0287. The number of aliphatic hydroxyl groups is 3. The largest absolute Gasteiger partial charge is 0.390 e. The van der Waals surface area contributed by atoms with Crippen molar-refractivity contribution in [3.05, 3.63) is 35.4 Å². The second-order valence-corrected chi connectivity index (χ2v) is 3.39. The second-order valence-electron chi connectivity index (χ2n) is 3.39. The van der Waals surface area contributed by atoms with Gasteiger partial charge in [0, 0.05) is 6.42 Å². The predicted octanol–water partition coefficient (Wildman–Crippen LogP) is 0.518. The highest BCUT2D eigenvalue weighted by Gasteiger charge is 2.30. The Labute approximate surface area is 76.3 Å². The van der Waals surface area contributed by atoms with Crippen LogP contribution in [-0.2, 0) is 0 Å². The van der Waals surface area contributed by atoms with Gasteiger partial charge in [-0.1, -0.05) is 24.3 Å². The van der Waals surface area contributed by atoms with Gasteiger partial charge in [-0.2, -0.15) is 0 Å². The van der Waals surface area contributed by atoms with Gasteiger partial charge >= 0.3 is 0 Å². The van der Waals surface area contributed by atoms with Crippen LogP contribution in [-0.4, -0.2) is 21.4 Å². The molecule has 0 saturated carbocycles. The Morgan fingerprint density at radius 2 is 1.62 bits per heavy atom. The monoisotopic (exact) mass is 180 g/mol. The maximum atomic E-state index is 9.59. The highest BCUT2D eigenvalue weighted by Crippen LogP contribution is 2.35. The van der Waals surface area contributed by atoms with E-state index < -0.39 is 18.3 Å². The number of hydrogen-bond acceptors (Lipinski definition) is 3. The van der Waals surface area contributed by atoms with Crippen LogP contribution in [0.25, 0.3) is 0 Å². The topological polar surface area (TPSA) is 60.7 Å². The molecule has 3 N–H and O–H groups in total. The van der Waals surface area contributed by atoms with Gasteiger partial charge in [-0.3, -0.25) is 0 Å². The molecule has 1 aliphatic carbocycles. The molecule has 3 nitrogen and oxygen atoms in total. The molecule has 0 unspecified atom stereocenters. The molecule has 3 atom stereocenters. The van der Waals surface area contributed by atoms with Crippen molar-refractivity contribution >= 4 is 0 Å². The van der Waals surface area contributed by atoms with Crippen molar-refractivity contribution in [2.24, 2.45) is 0 Å². The molecule has 0 fully saturated rings. The van der Waals surface area contributed by atoms with E-state index in [0.717, 1.165) is 5.56 Å². The first kappa shape index (κ1) is 8.69. The van der Waals surface area contributed by atoms with Gasteiger partial charge in [-0.25, -0.2) is 0 Å². The lowest BCUT2D eigenvalue weighted by Crippen LogP contribution is -2.27. The van der Waals surface area contributed by atoms with Crippen LogP contribution in [0.4, 0.5) is 0 Å². The molecule has 0 bridgehead atoms. The fourth-order valence-corrected chi connectivity index (χ4v) is 1.78. The fourth-order valence-electron chi connectivity index (χ4n) is 1.78. The Balaban J connectivity index is 2.47. The molecular formula is C10H12O3. The van der Waals surface area contributed by atoms with Gasteiger partial charge in [0.15, 0.2) is 0 Å². The SMILES string of the molecule is O[C@@H]1C[C@@H](O)[C@H](O)c2ccccc21. The summed E-state index contributed by atoms with van der Waals surface area (Å²) in [7, 11) is 0. The molecule has 1 aliphatic rings. The predicted molar refractivity (Wildman–Crippen MR) is 47.0 cm³/mol. The summed E-state index contributed by atoms with van der Waals surface area (Å²) in [6.45, 7) is 0. The third-order valence-electron chi connectivity index (χ3n) is 2.50. The Kier molecular flexibility index (Phi) is 2.07. The van der Waals surface area contributed by atoms with E-state index in [4.69, 9.17) is 0 Å². The first-order chi connectivity index (χ1) is 6.20. The number of hydrogen-bond donors (Lipinski definition) is 3. The van der Waals surface area contributed by atoms with Crippen LogP contribution in [0.1, 0.15) is 29.8 Å². The van der Waals surface area contributed by atoms with Crippen molar-refractivity contribution in [3.63, 3.8) is 0 Å². The molecule has 2 rings (SSSR count). The normalized spacial score (nSPS) is 32.7. The van der Waals surface area contributed by atoms with Crippen molar-refractivity contribution in [1.82, 2.24) is 0 Å². The minimum atomic E-state index is -0.861. The van der Waals surface area contributed by atoms with Gasteiger partial charge < -0.3 is 15.3 Å².